The van der Waals surface area contributed by atoms with Gasteiger partial charge >= 0.3 is 0 Å². The van der Waals surface area contributed by atoms with Crippen LogP contribution in [0.5, 0.6) is 0 Å². The summed E-state index contributed by atoms with van der Waals surface area (Å²) in [6.45, 7) is 4.34. The summed E-state index contributed by atoms with van der Waals surface area (Å²) in [6.07, 6.45) is 7.32. The minimum Gasteiger partial charge on any atom is -0.319 e. The van der Waals surface area contributed by atoms with E-state index < -0.39 is 10.2 Å². The molecule has 0 spiro atoms. The number of piperidine rings is 1. The lowest BCUT2D eigenvalue weighted by Gasteiger charge is -2.38. The Bertz CT molecular complexity index is 397. The van der Waals surface area contributed by atoms with Crippen molar-refractivity contribution in [3.63, 3.8) is 0 Å². The molecule has 2 aliphatic rings. The standard InChI is InChI=1S/C14H29N3O2S/c1-14(8-4-3-5-9-14)16-20(18,19)17-10-6-13(7-11-17)12-15-2/h13,15-16H,3-12H2,1-2H3. The van der Waals surface area contributed by atoms with Crippen LogP contribution in [0.2, 0.25) is 0 Å². The van der Waals surface area contributed by atoms with Gasteiger partial charge in [0.2, 0.25) is 0 Å². The molecule has 1 saturated heterocycles. The third kappa shape index (κ3) is 4.16. The molecule has 6 heteroatoms. The van der Waals surface area contributed by atoms with Gasteiger partial charge in [-0.3, -0.25) is 0 Å². The zero-order valence-corrected chi connectivity index (χ0v) is 13.6. The molecule has 0 radical (unpaired) electrons. The number of nitrogens with one attached hydrogen (secondary N) is 2. The van der Waals surface area contributed by atoms with Gasteiger partial charge in [-0.05, 0) is 52.1 Å². The summed E-state index contributed by atoms with van der Waals surface area (Å²) in [5.41, 5.74) is -0.237. The summed E-state index contributed by atoms with van der Waals surface area (Å²) < 4.78 is 29.7. The van der Waals surface area contributed by atoms with Crippen molar-refractivity contribution in [2.45, 2.75) is 57.4 Å². The predicted molar refractivity (Wildman–Crippen MR) is 81.8 cm³/mol. The van der Waals surface area contributed by atoms with Crippen LogP contribution in [-0.2, 0) is 10.2 Å². The quantitative estimate of drug-likeness (QED) is 0.808. The molecular weight excluding hydrogens is 274 g/mol. The van der Waals surface area contributed by atoms with Crippen LogP contribution in [-0.4, -0.2) is 44.9 Å². The molecule has 118 valence electrons. The zero-order valence-electron chi connectivity index (χ0n) is 12.8. The van der Waals surface area contributed by atoms with Gasteiger partial charge in [-0.1, -0.05) is 19.3 Å². The summed E-state index contributed by atoms with van der Waals surface area (Å²) in [7, 11) is -1.36. The first-order valence-corrected chi connectivity index (χ1v) is 9.33. The highest BCUT2D eigenvalue weighted by atomic mass is 32.2. The minimum atomic E-state index is -3.32. The van der Waals surface area contributed by atoms with E-state index in [-0.39, 0.29) is 5.54 Å². The molecule has 0 aromatic heterocycles. The maximum atomic E-state index is 12.5. The Morgan fingerprint density at radius 1 is 1.15 bits per heavy atom. The molecule has 0 amide bonds. The van der Waals surface area contributed by atoms with E-state index in [2.05, 4.69) is 17.0 Å². The molecule has 2 N–H and O–H groups in total. The Balaban J connectivity index is 1.90. The maximum absolute atomic E-state index is 12.5. The van der Waals surface area contributed by atoms with Crippen LogP contribution in [0, 0.1) is 5.92 Å². The molecule has 2 fully saturated rings. The van der Waals surface area contributed by atoms with Gasteiger partial charge in [0.15, 0.2) is 0 Å². The van der Waals surface area contributed by atoms with Crippen molar-refractivity contribution >= 4 is 10.2 Å². The first-order valence-electron chi connectivity index (χ1n) is 7.89. The second-order valence-corrected chi connectivity index (χ2v) is 8.30. The molecule has 5 nitrogen and oxygen atoms in total. The molecular formula is C14H29N3O2S. The lowest BCUT2D eigenvalue weighted by Crippen LogP contribution is -2.54. The number of rotatable bonds is 5. The van der Waals surface area contributed by atoms with Crippen LogP contribution in [0.25, 0.3) is 0 Å². The highest BCUT2D eigenvalue weighted by Crippen LogP contribution is 2.29. The Morgan fingerprint density at radius 3 is 2.30 bits per heavy atom. The molecule has 0 unspecified atom stereocenters. The van der Waals surface area contributed by atoms with Crippen molar-refractivity contribution in [3.8, 4) is 0 Å². The first kappa shape index (κ1) is 16.2. The average Bonchev–Trinajstić information content (AvgIpc) is 2.39. The van der Waals surface area contributed by atoms with Crippen molar-refractivity contribution in [1.29, 1.82) is 0 Å². The van der Waals surface area contributed by atoms with Gasteiger partial charge in [-0.25, -0.2) is 0 Å². The number of hydrogen-bond acceptors (Lipinski definition) is 3. The van der Waals surface area contributed by atoms with Crippen LogP contribution < -0.4 is 10.0 Å². The summed E-state index contributed by atoms with van der Waals surface area (Å²) in [4.78, 5) is 0. The van der Waals surface area contributed by atoms with E-state index in [1.165, 1.54) is 6.42 Å². The molecule has 1 heterocycles. The maximum Gasteiger partial charge on any atom is 0.279 e. The second-order valence-electron chi connectivity index (χ2n) is 6.63. The third-order valence-corrected chi connectivity index (χ3v) is 6.53. The molecule has 0 aromatic rings. The molecule has 1 saturated carbocycles. The van der Waals surface area contributed by atoms with Gasteiger partial charge < -0.3 is 5.32 Å². The summed E-state index contributed by atoms with van der Waals surface area (Å²) in [5.74, 6) is 0.608. The predicted octanol–water partition coefficient (Wildman–Crippen LogP) is 1.47. The molecule has 0 atom stereocenters. The fourth-order valence-corrected chi connectivity index (χ4v) is 5.10. The Kier molecular flexibility index (Phi) is 5.45. The lowest BCUT2D eigenvalue weighted by molar-refractivity contribution is 0.250. The van der Waals surface area contributed by atoms with E-state index in [1.807, 2.05) is 7.05 Å². The van der Waals surface area contributed by atoms with E-state index in [0.717, 1.165) is 45.1 Å². The van der Waals surface area contributed by atoms with Gasteiger partial charge in [0, 0.05) is 18.6 Å². The summed E-state index contributed by atoms with van der Waals surface area (Å²) >= 11 is 0. The molecule has 1 aliphatic carbocycles. The van der Waals surface area contributed by atoms with Crippen molar-refractivity contribution in [2.24, 2.45) is 5.92 Å². The molecule has 0 bridgehead atoms. The first-order chi connectivity index (χ1) is 9.45. The van der Waals surface area contributed by atoms with Gasteiger partial charge in [0.25, 0.3) is 10.2 Å². The molecule has 20 heavy (non-hydrogen) atoms. The van der Waals surface area contributed by atoms with Crippen LogP contribution in [0.4, 0.5) is 0 Å². The van der Waals surface area contributed by atoms with Gasteiger partial charge in [0.05, 0.1) is 0 Å². The zero-order chi connectivity index (χ0) is 14.6. The number of nitrogens with zero attached hydrogens (tertiary/aromatic N) is 1. The van der Waals surface area contributed by atoms with Crippen LogP contribution >= 0.6 is 0 Å². The summed E-state index contributed by atoms with van der Waals surface area (Å²) in [6, 6.07) is 0. The fraction of sp³-hybridized carbons (Fsp3) is 1.00. The summed E-state index contributed by atoms with van der Waals surface area (Å²) in [5, 5.41) is 3.18. The van der Waals surface area contributed by atoms with Crippen molar-refractivity contribution in [3.05, 3.63) is 0 Å². The van der Waals surface area contributed by atoms with Crippen LogP contribution in [0.15, 0.2) is 0 Å². The highest BCUT2D eigenvalue weighted by Gasteiger charge is 2.35. The monoisotopic (exact) mass is 303 g/mol. The van der Waals surface area contributed by atoms with Crippen molar-refractivity contribution in [2.75, 3.05) is 26.7 Å². The van der Waals surface area contributed by atoms with E-state index in [1.54, 1.807) is 4.31 Å². The minimum absolute atomic E-state index is 0.237. The highest BCUT2D eigenvalue weighted by molar-refractivity contribution is 7.87. The largest absolute Gasteiger partial charge is 0.319 e. The van der Waals surface area contributed by atoms with E-state index in [4.69, 9.17) is 0 Å². The SMILES string of the molecule is CNCC1CCN(S(=O)(=O)NC2(C)CCCCC2)CC1. The Hall–Kier alpha value is -0.170. The molecule has 1 aliphatic heterocycles. The van der Waals surface area contributed by atoms with Crippen molar-refractivity contribution < 1.29 is 8.42 Å². The molecule has 0 aromatic carbocycles. The average molecular weight is 303 g/mol. The fourth-order valence-electron chi connectivity index (χ4n) is 3.45. The van der Waals surface area contributed by atoms with Gasteiger partial charge in [0.1, 0.15) is 0 Å². The van der Waals surface area contributed by atoms with E-state index in [9.17, 15) is 8.42 Å². The van der Waals surface area contributed by atoms with E-state index in [0.29, 0.717) is 19.0 Å². The van der Waals surface area contributed by atoms with E-state index >= 15 is 0 Å². The Morgan fingerprint density at radius 2 is 1.75 bits per heavy atom. The van der Waals surface area contributed by atoms with Crippen LogP contribution in [0.3, 0.4) is 0 Å². The third-order valence-electron chi connectivity index (χ3n) is 4.74. The van der Waals surface area contributed by atoms with Crippen molar-refractivity contribution in [1.82, 2.24) is 14.3 Å². The number of hydrogen-bond donors (Lipinski definition) is 2. The normalized spacial score (nSPS) is 25.7. The topological polar surface area (TPSA) is 61.4 Å². The van der Waals surface area contributed by atoms with Gasteiger partial charge in [-0.15, -0.1) is 0 Å². The van der Waals surface area contributed by atoms with Gasteiger partial charge in [-0.2, -0.15) is 17.4 Å². The molecule has 2 rings (SSSR count). The Labute approximate surface area is 123 Å². The second kappa shape index (κ2) is 6.73. The van der Waals surface area contributed by atoms with Crippen LogP contribution in [0.1, 0.15) is 51.9 Å². The lowest BCUT2D eigenvalue weighted by atomic mass is 9.84. The smallest absolute Gasteiger partial charge is 0.279 e.